The molecule has 1 aromatic heterocycles. The fraction of sp³-hybridized carbons (Fsp3) is 0.0952. The summed E-state index contributed by atoms with van der Waals surface area (Å²) < 4.78 is 13.2. The summed E-state index contributed by atoms with van der Waals surface area (Å²) in [5, 5.41) is 5.40. The molecular formula is C21H18FN3O2. The van der Waals surface area contributed by atoms with Gasteiger partial charge in [0.25, 0.3) is 11.8 Å². The Hall–Kier alpha value is -3.54. The summed E-state index contributed by atoms with van der Waals surface area (Å²) in [6.07, 6.45) is 1.39. The molecule has 3 rings (SSSR count). The number of carbonyl (C=O) groups is 2. The van der Waals surface area contributed by atoms with Crippen molar-refractivity contribution in [3.05, 3.63) is 89.0 Å². The molecule has 2 aromatic carbocycles. The van der Waals surface area contributed by atoms with Gasteiger partial charge in [0.1, 0.15) is 11.5 Å². The highest BCUT2D eigenvalue weighted by molar-refractivity contribution is 6.08. The lowest BCUT2D eigenvalue weighted by atomic mass is 10.1. The van der Waals surface area contributed by atoms with E-state index >= 15 is 0 Å². The molecule has 0 fully saturated rings. The van der Waals surface area contributed by atoms with E-state index in [0.717, 1.165) is 11.1 Å². The first kappa shape index (κ1) is 18.3. The van der Waals surface area contributed by atoms with E-state index in [1.165, 1.54) is 36.5 Å². The van der Waals surface area contributed by atoms with Crippen molar-refractivity contribution in [2.24, 2.45) is 0 Å². The first-order chi connectivity index (χ1) is 12.9. The Bertz CT molecular complexity index is 1020. The van der Waals surface area contributed by atoms with Crippen LogP contribution in [0.25, 0.3) is 0 Å². The van der Waals surface area contributed by atoms with Gasteiger partial charge in [0.2, 0.25) is 0 Å². The first-order valence-electron chi connectivity index (χ1n) is 8.34. The van der Waals surface area contributed by atoms with Gasteiger partial charge in [-0.05, 0) is 61.4 Å². The third-order valence-electron chi connectivity index (χ3n) is 4.19. The van der Waals surface area contributed by atoms with E-state index in [-0.39, 0.29) is 11.3 Å². The number of aromatic nitrogens is 1. The molecule has 0 aliphatic heterocycles. The number of hydrogen-bond donors (Lipinski definition) is 2. The number of aryl methyl sites for hydroxylation is 1. The number of hydrogen-bond acceptors (Lipinski definition) is 3. The van der Waals surface area contributed by atoms with Crippen molar-refractivity contribution < 1.29 is 14.0 Å². The van der Waals surface area contributed by atoms with Crippen LogP contribution in [-0.2, 0) is 0 Å². The normalized spacial score (nSPS) is 10.3. The van der Waals surface area contributed by atoms with Gasteiger partial charge in [0, 0.05) is 23.1 Å². The Morgan fingerprint density at radius 1 is 0.926 bits per heavy atom. The number of benzene rings is 2. The zero-order valence-corrected chi connectivity index (χ0v) is 14.9. The Morgan fingerprint density at radius 2 is 1.70 bits per heavy atom. The number of pyridine rings is 1. The van der Waals surface area contributed by atoms with Gasteiger partial charge in [0.15, 0.2) is 0 Å². The summed E-state index contributed by atoms with van der Waals surface area (Å²) >= 11 is 0. The highest BCUT2D eigenvalue weighted by atomic mass is 19.1. The summed E-state index contributed by atoms with van der Waals surface area (Å²) in [7, 11) is 0. The number of carbonyl (C=O) groups excluding carboxylic acids is 2. The van der Waals surface area contributed by atoms with E-state index in [1.807, 2.05) is 26.0 Å². The first-order valence-corrected chi connectivity index (χ1v) is 8.34. The highest BCUT2D eigenvalue weighted by Crippen LogP contribution is 2.19. The number of halogens is 1. The molecule has 0 atom stereocenters. The molecule has 27 heavy (non-hydrogen) atoms. The lowest BCUT2D eigenvalue weighted by molar-refractivity contribution is 0.102. The molecule has 0 unspecified atom stereocenters. The smallest absolute Gasteiger partial charge is 0.274 e. The van der Waals surface area contributed by atoms with Gasteiger partial charge in [-0.15, -0.1) is 0 Å². The van der Waals surface area contributed by atoms with Crippen LogP contribution in [0.1, 0.15) is 32.0 Å². The van der Waals surface area contributed by atoms with E-state index in [0.29, 0.717) is 11.4 Å². The molecule has 0 saturated heterocycles. The average Bonchev–Trinajstić information content (AvgIpc) is 2.65. The molecule has 0 spiro atoms. The van der Waals surface area contributed by atoms with E-state index < -0.39 is 17.6 Å². The minimum Gasteiger partial charge on any atom is -0.322 e. The van der Waals surface area contributed by atoms with Gasteiger partial charge in [-0.1, -0.05) is 18.2 Å². The monoisotopic (exact) mass is 363 g/mol. The third kappa shape index (κ3) is 4.36. The van der Waals surface area contributed by atoms with Crippen LogP contribution >= 0.6 is 0 Å². The van der Waals surface area contributed by atoms with Crippen LogP contribution in [0, 0.1) is 19.7 Å². The third-order valence-corrected chi connectivity index (χ3v) is 4.19. The molecule has 0 bridgehead atoms. The van der Waals surface area contributed by atoms with Crippen molar-refractivity contribution in [2.45, 2.75) is 13.8 Å². The van der Waals surface area contributed by atoms with Crippen LogP contribution in [0.2, 0.25) is 0 Å². The Kier molecular flexibility index (Phi) is 5.26. The lowest BCUT2D eigenvalue weighted by Crippen LogP contribution is -2.17. The maximum atomic E-state index is 13.2. The fourth-order valence-corrected chi connectivity index (χ4v) is 2.54. The minimum atomic E-state index is -0.455. The van der Waals surface area contributed by atoms with E-state index in [1.54, 1.807) is 12.1 Å². The van der Waals surface area contributed by atoms with E-state index in [4.69, 9.17) is 0 Å². The lowest BCUT2D eigenvalue weighted by Gasteiger charge is -2.10. The number of nitrogens with zero attached hydrogens (tertiary/aromatic N) is 1. The van der Waals surface area contributed by atoms with Crippen molar-refractivity contribution in [1.82, 2.24) is 4.98 Å². The fourth-order valence-electron chi connectivity index (χ4n) is 2.54. The van der Waals surface area contributed by atoms with Gasteiger partial charge < -0.3 is 10.6 Å². The number of nitrogens with one attached hydrogen (secondary N) is 2. The molecule has 2 amide bonds. The van der Waals surface area contributed by atoms with Crippen LogP contribution < -0.4 is 10.6 Å². The average molecular weight is 363 g/mol. The van der Waals surface area contributed by atoms with Crippen LogP contribution in [0.5, 0.6) is 0 Å². The van der Waals surface area contributed by atoms with Crippen molar-refractivity contribution in [1.29, 1.82) is 0 Å². The van der Waals surface area contributed by atoms with Gasteiger partial charge in [-0.25, -0.2) is 4.39 Å². The Balaban J connectivity index is 1.77. The maximum Gasteiger partial charge on any atom is 0.274 e. The molecule has 0 saturated carbocycles. The van der Waals surface area contributed by atoms with Crippen LogP contribution in [-0.4, -0.2) is 16.8 Å². The molecule has 5 nitrogen and oxygen atoms in total. The van der Waals surface area contributed by atoms with Gasteiger partial charge in [-0.2, -0.15) is 0 Å². The van der Waals surface area contributed by atoms with E-state index in [2.05, 4.69) is 15.6 Å². The number of amides is 2. The molecule has 3 aromatic rings. The Labute approximate surface area is 156 Å². The van der Waals surface area contributed by atoms with Gasteiger partial charge in [-0.3, -0.25) is 14.6 Å². The SMILES string of the molecule is Cc1cccc(NC(=O)c2cc(C(=O)Nc3cccc(F)c3)ccn2)c1C. The predicted octanol–water partition coefficient (Wildman–Crippen LogP) is 4.34. The van der Waals surface area contributed by atoms with Crippen molar-refractivity contribution in [2.75, 3.05) is 10.6 Å². The molecular weight excluding hydrogens is 345 g/mol. The minimum absolute atomic E-state index is 0.114. The van der Waals surface area contributed by atoms with Crippen molar-refractivity contribution in [3.8, 4) is 0 Å². The Morgan fingerprint density at radius 3 is 2.48 bits per heavy atom. The van der Waals surface area contributed by atoms with Crippen molar-refractivity contribution in [3.63, 3.8) is 0 Å². The summed E-state index contributed by atoms with van der Waals surface area (Å²) in [4.78, 5) is 28.9. The van der Waals surface area contributed by atoms with Crippen molar-refractivity contribution >= 4 is 23.2 Å². The van der Waals surface area contributed by atoms with Crippen LogP contribution in [0.4, 0.5) is 15.8 Å². The summed E-state index contributed by atoms with van der Waals surface area (Å²) in [5.74, 6) is -1.32. The zero-order chi connectivity index (χ0) is 19.4. The quantitative estimate of drug-likeness (QED) is 0.724. The second kappa shape index (κ2) is 7.78. The summed E-state index contributed by atoms with van der Waals surface area (Å²) in [5.41, 5.74) is 3.41. The predicted molar refractivity (Wildman–Crippen MR) is 102 cm³/mol. The highest BCUT2D eigenvalue weighted by Gasteiger charge is 2.13. The van der Waals surface area contributed by atoms with E-state index in [9.17, 15) is 14.0 Å². The number of anilines is 2. The molecule has 0 aliphatic carbocycles. The molecule has 6 heteroatoms. The molecule has 1 heterocycles. The number of rotatable bonds is 4. The van der Waals surface area contributed by atoms with Crippen LogP contribution in [0.3, 0.4) is 0 Å². The zero-order valence-electron chi connectivity index (χ0n) is 14.9. The summed E-state index contributed by atoms with van der Waals surface area (Å²) in [6, 6.07) is 14.1. The molecule has 0 radical (unpaired) electrons. The topological polar surface area (TPSA) is 71.1 Å². The maximum absolute atomic E-state index is 13.2. The standard InChI is InChI=1S/C21H18FN3O2/c1-13-5-3-8-18(14(13)2)25-21(27)19-11-15(9-10-23-19)20(26)24-17-7-4-6-16(22)12-17/h3-12H,1-2H3,(H,24,26)(H,25,27). The largest absolute Gasteiger partial charge is 0.322 e. The molecule has 136 valence electrons. The second-order valence-electron chi connectivity index (χ2n) is 6.10. The molecule has 0 aliphatic rings. The second-order valence-corrected chi connectivity index (χ2v) is 6.10. The van der Waals surface area contributed by atoms with Gasteiger partial charge >= 0.3 is 0 Å². The van der Waals surface area contributed by atoms with Gasteiger partial charge in [0.05, 0.1) is 0 Å². The molecule has 2 N–H and O–H groups in total. The van der Waals surface area contributed by atoms with Crippen LogP contribution in [0.15, 0.2) is 60.8 Å². The summed E-state index contributed by atoms with van der Waals surface area (Å²) in [6.45, 7) is 3.88.